The highest BCUT2D eigenvalue weighted by molar-refractivity contribution is 5.85. The van der Waals surface area contributed by atoms with Crippen LogP contribution in [0.4, 0.5) is 0 Å². The summed E-state index contributed by atoms with van der Waals surface area (Å²) in [5.74, 6) is -1.11. The van der Waals surface area contributed by atoms with Crippen LogP contribution in [0, 0.1) is 13.8 Å². The van der Waals surface area contributed by atoms with Crippen molar-refractivity contribution in [1.82, 2.24) is 19.7 Å². The third-order valence-electron chi connectivity index (χ3n) is 5.02. The number of pyridine rings is 1. The zero-order chi connectivity index (χ0) is 18.3. The molecule has 0 spiro atoms. The number of carbonyl (C=O) groups is 2. The monoisotopic (exact) mass is 346 g/mol. The van der Waals surface area contributed by atoms with E-state index in [1.54, 1.807) is 11.7 Å². The first-order valence-electron chi connectivity index (χ1n) is 8.38. The number of fused-ring (bicyclic) bond motifs is 1. The lowest BCUT2D eigenvalue weighted by Gasteiger charge is -2.21. The van der Waals surface area contributed by atoms with Crippen LogP contribution in [-0.4, -0.2) is 49.2 Å². The second-order valence-electron chi connectivity index (χ2n) is 6.58. The van der Waals surface area contributed by atoms with Crippen LogP contribution in [0.5, 0.6) is 0 Å². The van der Waals surface area contributed by atoms with Crippen LogP contribution < -0.4 is 5.56 Å². The molecule has 0 radical (unpaired) electrons. The summed E-state index contributed by atoms with van der Waals surface area (Å²) in [6.45, 7) is 4.21. The number of carboxylic acid groups (broad SMARTS) is 1. The van der Waals surface area contributed by atoms with Gasteiger partial charge in [-0.25, -0.2) is 9.78 Å². The molecule has 1 aliphatic rings. The summed E-state index contributed by atoms with van der Waals surface area (Å²) in [6, 6.07) is -0.715. The molecule has 134 valence electrons. The van der Waals surface area contributed by atoms with Crippen molar-refractivity contribution in [3.05, 3.63) is 27.2 Å². The van der Waals surface area contributed by atoms with Gasteiger partial charge in [-0.1, -0.05) is 0 Å². The number of nitrogens with zero attached hydrogens (tertiary/aromatic N) is 3. The molecule has 2 aromatic rings. The van der Waals surface area contributed by atoms with Gasteiger partial charge in [-0.15, -0.1) is 0 Å². The van der Waals surface area contributed by atoms with E-state index in [1.165, 1.54) is 4.90 Å². The number of carboxylic acids is 1. The van der Waals surface area contributed by atoms with Crippen LogP contribution in [0.1, 0.15) is 36.1 Å². The summed E-state index contributed by atoms with van der Waals surface area (Å²) in [6.07, 6.45) is 1.87. The quantitative estimate of drug-likeness (QED) is 0.854. The van der Waals surface area contributed by atoms with Crippen LogP contribution in [0.25, 0.3) is 11.0 Å². The van der Waals surface area contributed by atoms with E-state index < -0.39 is 12.0 Å². The van der Waals surface area contributed by atoms with Crippen molar-refractivity contribution >= 4 is 22.9 Å². The maximum Gasteiger partial charge on any atom is 0.326 e. The minimum absolute atomic E-state index is 0.161. The number of aryl methyl sites for hydroxylation is 3. The van der Waals surface area contributed by atoms with E-state index in [2.05, 4.69) is 10.1 Å². The molecule has 0 saturated carbocycles. The molecule has 0 bridgehead atoms. The van der Waals surface area contributed by atoms with Crippen LogP contribution in [0.15, 0.2) is 4.79 Å². The van der Waals surface area contributed by atoms with Crippen molar-refractivity contribution in [2.75, 3.05) is 6.54 Å². The Morgan fingerprint density at radius 3 is 2.76 bits per heavy atom. The maximum absolute atomic E-state index is 12.5. The molecule has 1 saturated heterocycles. The van der Waals surface area contributed by atoms with Crippen LogP contribution in [0.3, 0.4) is 0 Å². The second-order valence-corrected chi connectivity index (χ2v) is 6.58. The Morgan fingerprint density at radius 2 is 2.08 bits per heavy atom. The van der Waals surface area contributed by atoms with Crippen LogP contribution in [-0.2, 0) is 23.1 Å². The van der Waals surface area contributed by atoms with Crippen molar-refractivity contribution in [2.45, 2.75) is 45.6 Å². The van der Waals surface area contributed by atoms with Gasteiger partial charge in [-0.05, 0) is 44.2 Å². The summed E-state index contributed by atoms with van der Waals surface area (Å²) in [5, 5.41) is 12.5. The molecule has 1 aliphatic heterocycles. The van der Waals surface area contributed by atoms with Gasteiger partial charge in [0, 0.05) is 25.7 Å². The average Bonchev–Trinajstić information content (AvgIpc) is 3.12. The molecule has 1 fully saturated rings. The fourth-order valence-electron chi connectivity index (χ4n) is 3.71. The van der Waals surface area contributed by atoms with Gasteiger partial charge >= 0.3 is 5.97 Å². The average molecular weight is 346 g/mol. The van der Waals surface area contributed by atoms with Crippen molar-refractivity contribution in [2.24, 2.45) is 7.05 Å². The summed E-state index contributed by atoms with van der Waals surface area (Å²) in [7, 11) is 1.73. The van der Waals surface area contributed by atoms with Crippen molar-refractivity contribution < 1.29 is 14.7 Å². The molecule has 1 amide bonds. The molecule has 3 heterocycles. The SMILES string of the molecule is Cc1nc2c(c(C)c1CCC(=O)N1CCC[C@H]1C(=O)O)c(=O)[nH]n2C. The Morgan fingerprint density at radius 1 is 1.36 bits per heavy atom. The summed E-state index contributed by atoms with van der Waals surface area (Å²) >= 11 is 0. The maximum atomic E-state index is 12.5. The van der Waals surface area contributed by atoms with Gasteiger partial charge in [-0.3, -0.25) is 19.4 Å². The number of carbonyl (C=O) groups excluding carboxylic acids is 1. The van der Waals surface area contributed by atoms with Gasteiger partial charge in [0.2, 0.25) is 5.91 Å². The molecular weight excluding hydrogens is 324 g/mol. The van der Waals surface area contributed by atoms with E-state index in [9.17, 15) is 19.5 Å². The number of H-pyrrole nitrogens is 1. The highest BCUT2D eigenvalue weighted by Crippen LogP contribution is 2.23. The first-order chi connectivity index (χ1) is 11.8. The summed E-state index contributed by atoms with van der Waals surface area (Å²) in [4.78, 5) is 41.7. The number of amides is 1. The predicted molar refractivity (Wildman–Crippen MR) is 91.5 cm³/mol. The molecule has 0 aromatic carbocycles. The van der Waals surface area contributed by atoms with Gasteiger partial charge in [-0.2, -0.15) is 0 Å². The third-order valence-corrected chi connectivity index (χ3v) is 5.02. The smallest absolute Gasteiger partial charge is 0.326 e. The van der Waals surface area contributed by atoms with Gasteiger partial charge in [0.05, 0.1) is 5.39 Å². The summed E-state index contributed by atoms with van der Waals surface area (Å²) < 4.78 is 1.59. The number of aliphatic carboxylic acids is 1. The zero-order valence-corrected chi connectivity index (χ0v) is 14.6. The molecular formula is C17H22N4O4. The molecule has 2 aromatic heterocycles. The molecule has 8 heteroatoms. The molecule has 1 atom stereocenters. The highest BCUT2D eigenvalue weighted by atomic mass is 16.4. The highest BCUT2D eigenvalue weighted by Gasteiger charge is 2.33. The first kappa shape index (κ1) is 17.2. The molecule has 0 aliphatic carbocycles. The number of aromatic amines is 1. The number of rotatable bonds is 4. The molecule has 8 nitrogen and oxygen atoms in total. The predicted octanol–water partition coefficient (Wildman–Crippen LogP) is 0.887. The topological polar surface area (TPSA) is 108 Å². The van der Waals surface area contributed by atoms with Gasteiger partial charge in [0.25, 0.3) is 5.56 Å². The zero-order valence-electron chi connectivity index (χ0n) is 14.6. The third kappa shape index (κ3) is 2.92. The lowest BCUT2D eigenvalue weighted by Crippen LogP contribution is -2.40. The second kappa shape index (κ2) is 6.34. The van der Waals surface area contributed by atoms with E-state index >= 15 is 0 Å². The van der Waals surface area contributed by atoms with Crippen LogP contribution >= 0.6 is 0 Å². The fourth-order valence-corrected chi connectivity index (χ4v) is 3.71. The standard InChI is InChI=1S/C17H22N4O4/c1-9-11(10(2)18-15-14(9)16(23)19-20(15)3)6-7-13(22)21-8-4-5-12(21)17(24)25/h12H,4-8H2,1-3H3,(H,19,23)(H,24,25)/t12-/m0/s1. The largest absolute Gasteiger partial charge is 0.480 e. The van der Waals surface area contributed by atoms with E-state index in [4.69, 9.17) is 0 Å². The minimum Gasteiger partial charge on any atom is -0.480 e. The van der Waals surface area contributed by atoms with Gasteiger partial charge in [0.1, 0.15) is 6.04 Å². The Bertz CT molecular complexity index is 911. The Labute approximate surface area is 144 Å². The molecule has 25 heavy (non-hydrogen) atoms. The summed E-state index contributed by atoms with van der Waals surface area (Å²) in [5.41, 5.74) is 2.89. The van der Waals surface area contributed by atoms with Crippen LogP contribution in [0.2, 0.25) is 0 Å². The van der Waals surface area contributed by atoms with E-state index in [0.717, 1.165) is 16.8 Å². The minimum atomic E-state index is -0.947. The van der Waals surface area contributed by atoms with Gasteiger partial charge < -0.3 is 10.0 Å². The molecule has 0 unspecified atom stereocenters. The Kier molecular flexibility index (Phi) is 4.36. The number of hydrogen-bond donors (Lipinski definition) is 2. The number of likely N-dealkylation sites (tertiary alicyclic amines) is 1. The van der Waals surface area contributed by atoms with Gasteiger partial charge in [0.15, 0.2) is 5.65 Å². The first-order valence-corrected chi connectivity index (χ1v) is 8.38. The molecule has 3 rings (SSSR count). The van der Waals surface area contributed by atoms with Crippen molar-refractivity contribution in [1.29, 1.82) is 0 Å². The van der Waals surface area contributed by atoms with E-state index in [-0.39, 0.29) is 17.9 Å². The lowest BCUT2D eigenvalue weighted by molar-refractivity contribution is -0.148. The van der Waals surface area contributed by atoms with Crippen molar-refractivity contribution in [3.8, 4) is 0 Å². The van der Waals surface area contributed by atoms with E-state index in [1.807, 2.05) is 13.8 Å². The van der Waals surface area contributed by atoms with Crippen molar-refractivity contribution in [3.63, 3.8) is 0 Å². The fraction of sp³-hybridized carbons (Fsp3) is 0.529. The Balaban J connectivity index is 1.84. The normalized spacial score (nSPS) is 17.4. The number of nitrogens with one attached hydrogen (secondary N) is 1. The molecule has 2 N–H and O–H groups in total. The number of hydrogen-bond acceptors (Lipinski definition) is 4. The Hall–Kier alpha value is -2.64. The lowest BCUT2D eigenvalue weighted by atomic mass is 10.00. The number of aromatic nitrogens is 3. The van der Waals surface area contributed by atoms with E-state index in [0.29, 0.717) is 36.8 Å².